The van der Waals surface area contributed by atoms with E-state index in [0.717, 1.165) is 12.1 Å². The fraction of sp³-hybridized carbons (Fsp3) is 0.538. The van der Waals surface area contributed by atoms with Gasteiger partial charge in [-0.05, 0) is 30.7 Å². The molecule has 4 nitrogen and oxygen atoms in total. The zero-order valence-electron chi connectivity index (χ0n) is 11.7. The molecule has 1 rings (SSSR count). The summed E-state index contributed by atoms with van der Waals surface area (Å²) in [5.74, 6) is 0. The highest BCUT2D eigenvalue weighted by molar-refractivity contribution is 7.89. The van der Waals surface area contributed by atoms with Crippen molar-refractivity contribution in [3.8, 4) is 0 Å². The summed E-state index contributed by atoms with van der Waals surface area (Å²) < 4.78 is 62.1. The number of halogens is 3. The first-order chi connectivity index (χ1) is 9.74. The van der Waals surface area contributed by atoms with E-state index in [9.17, 15) is 21.6 Å². The van der Waals surface area contributed by atoms with Crippen LogP contribution in [0.4, 0.5) is 13.2 Å². The molecule has 120 valence electrons. The van der Waals surface area contributed by atoms with E-state index in [1.165, 1.54) is 12.1 Å². The quantitative estimate of drug-likeness (QED) is 0.722. The third kappa shape index (κ3) is 6.92. The normalized spacial score (nSPS) is 12.6. The first-order valence-corrected chi connectivity index (χ1v) is 8.09. The first-order valence-electron chi connectivity index (χ1n) is 6.60. The zero-order chi connectivity index (χ0) is 15.9. The molecule has 1 aromatic carbocycles. The summed E-state index contributed by atoms with van der Waals surface area (Å²) in [5, 5.41) is 3.07. The van der Waals surface area contributed by atoms with Crippen molar-refractivity contribution in [1.82, 2.24) is 10.0 Å². The fourth-order valence-electron chi connectivity index (χ4n) is 1.67. The van der Waals surface area contributed by atoms with Crippen LogP contribution in [0.3, 0.4) is 0 Å². The summed E-state index contributed by atoms with van der Waals surface area (Å²) in [4.78, 5) is 0.0601. The number of sulfonamides is 1. The van der Waals surface area contributed by atoms with Crippen molar-refractivity contribution in [2.24, 2.45) is 0 Å². The molecule has 0 aliphatic rings. The number of alkyl halides is 3. The minimum atomic E-state index is -4.27. The third-order valence-electron chi connectivity index (χ3n) is 2.72. The molecule has 0 saturated carbocycles. The number of rotatable bonds is 8. The molecule has 2 N–H and O–H groups in total. The van der Waals surface area contributed by atoms with Crippen LogP contribution in [0.2, 0.25) is 0 Å². The van der Waals surface area contributed by atoms with Crippen LogP contribution in [-0.2, 0) is 16.6 Å². The van der Waals surface area contributed by atoms with Gasteiger partial charge in [0.15, 0.2) is 0 Å². The Morgan fingerprint density at radius 1 is 1.24 bits per heavy atom. The smallest absolute Gasteiger partial charge is 0.313 e. The lowest BCUT2D eigenvalue weighted by Gasteiger charge is -2.09. The van der Waals surface area contributed by atoms with Gasteiger partial charge in [-0.15, -0.1) is 0 Å². The predicted molar refractivity (Wildman–Crippen MR) is 74.3 cm³/mol. The molecule has 0 heterocycles. The van der Waals surface area contributed by atoms with E-state index in [2.05, 4.69) is 10.0 Å². The van der Waals surface area contributed by atoms with Crippen LogP contribution >= 0.6 is 0 Å². The van der Waals surface area contributed by atoms with Gasteiger partial charge >= 0.3 is 6.18 Å². The first kappa shape index (κ1) is 17.9. The zero-order valence-corrected chi connectivity index (χ0v) is 12.5. The van der Waals surface area contributed by atoms with Crippen molar-refractivity contribution in [2.45, 2.75) is 37.4 Å². The van der Waals surface area contributed by atoms with Crippen molar-refractivity contribution in [2.75, 3.05) is 13.1 Å². The summed E-state index contributed by atoms with van der Waals surface area (Å²) in [7, 11) is -3.77. The molecule has 8 heteroatoms. The Kier molecular flexibility index (Phi) is 6.63. The van der Waals surface area contributed by atoms with Crippen molar-refractivity contribution in [3.05, 3.63) is 29.8 Å². The molecular weight excluding hydrogens is 305 g/mol. The molecule has 0 aliphatic carbocycles. The molecule has 1 aromatic rings. The summed E-state index contributed by atoms with van der Waals surface area (Å²) in [5.41, 5.74) is 0.801. The highest BCUT2D eigenvalue weighted by Crippen LogP contribution is 2.21. The largest absolute Gasteiger partial charge is 0.389 e. The maximum atomic E-state index is 12.0. The number of benzene rings is 1. The molecule has 0 unspecified atom stereocenters. The van der Waals surface area contributed by atoms with Gasteiger partial charge in [0.25, 0.3) is 0 Å². The molecule has 0 aromatic heterocycles. The minimum absolute atomic E-state index is 0.0601. The van der Waals surface area contributed by atoms with Gasteiger partial charge in [0, 0.05) is 19.5 Å². The van der Waals surface area contributed by atoms with Crippen LogP contribution in [0, 0.1) is 0 Å². The second-order valence-electron chi connectivity index (χ2n) is 4.54. The second-order valence-corrected chi connectivity index (χ2v) is 6.31. The van der Waals surface area contributed by atoms with Crippen molar-refractivity contribution >= 4 is 10.0 Å². The Hall–Kier alpha value is -1.12. The Morgan fingerprint density at radius 2 is 1.95 bits per heavy atom. The van der Waals surface area contributed by atoms with Gasteiger partial charge in [-0.1, -0.05) is 19.1 Å². The average molecular weight is 324 g/mol. The van der Waals surface area contributed by atoms with Gasteiger partial charge in [0.1, 0.15) is 0 Å². The molecule has 0 amide bonds. The topological polar surface area (TPSA) is 58.2 Å². The third-order valence-corrected chi connectivity index (χ3v) is 4.18. The SMILES string of the molecule is CCNCc1cccc(S(=O)(=O)NCCCC(F)(F)F)c1. The Morgan fingerprint density at radius 3 is 2.57 bits per heavy atom. The Labute approximate surface area is 122 Å². The van der Waals surface area contributed by atoms with Gasteiger partial charge in [-0.2, -0.15) is 13.2 Å². The molecule has 0 fully saturated rings. The summed E-state index contributed by atoms with van der Waals surface area (Å²) in [6, 6.07) is 6.32. The highest BCUT2D eigenvalue weighted by atomic mass is 32.2. The van der Waals surface area contributed by atoms with Gasteiger partial charge in [-0.25, -0.2) is 13.1 Å². The molecule has 0 saturated heterocycles. The number of hydrogen-bond donors (Lipinski definition) is 2. The summed E-state index contributed by atoms with van der Waals surface area (Å²) >= 11 is 0. The van der Waals surface area contributed by atoms with Crippen LogP contribution in [0.15, 0.2) is 29.2 Å². The van der Waals surface area contributed by atoms with E-state index in [1.807, 2.05) is 6.92 Å². The lowest BCUT2D eigenvalue weighted by molar-refractivity contribution is -0.135. The van der Waals surface area contributed by atoms with Gasteiger partial charge < -0.3 is 5.32 Å². The van der Waals surface area contributed by atoms with E-state index < -0.39 is 22.6 Å². The van der Waals surface area contributed by atoms with Gasteiger partial charge in [-0.3, -0.25) is 0 Å². The maximum absolute atomic E-state index is 12.0. The van der Waals surface area contributed by atoms with E-state index in [0.29, 0.717) is 6.54 Å². The maximum Gasteiger partial charge on any atom is 0.389 e. The predicted octanol–water partition coefficient (Wildman–Crippen LogP) is 2.42. The van der Waals surface area contributed by atoms with E-state index >= 15 is 0 Å². The number of hydrogen-bond acceptors (Lipinski definition) is 3. The van der Waals surface area contributed by atoms with E-state index in [-0.39, 0.29) is 17.9 Å². The lowest BCUT2D eigenvalue weighted by atomic mass is 10.2. The molecule has 0 aliphatic heterocycles. The van der Waals surface area contributed by atoms with Crippen LogP contribution in [0.5, 0.6) is 0 Å². The average Bonchev–Trinajstić information content (AvgIpc) is 2.41. The van der Waals surface area contributed by atoms with Crippen LogP contribution in [-0.4, -0.2) is 27.7 Å². The Balaban J connectivity index is 2.61. The fourth-order valence-corrected chi connectivity index (χ4v) is 2.81. The second kappa shape index (κ2) is 7.77. The summed E-state index contributed by atoms with van der Waals surface area (Å²) in [6.07, 6.45) is -5.55. The Bertz CT molecular complexity index is 545. The standard InChI is InChI=1S/C13H19F3N2O2S/c1-2-17-10-11-5-3-6-12(9-11)21(19,20)18-8-4-7-13(14,15)16/h3,5-6,9,17-18H,2,4,7-8,10H2,1H3. The van der Waals surface area contributed by atoms with Gasteiger partial charge in [0.05, 0.1) is 4.90 Å². The van der Waals surface area contributed by atoms with Crippen molar-refractivity contribution in [1.29, 1.82) is 0 Å². The monoisotopic (exact) mass is 324 g/mol. The van der Waals surface area contributed by atoms with Gasteiger partial charge in [0.2, 0.25) is 10.0 Å². The molecular formula is C13H19F3N2O2S. The van der Waals surface area contributed by atoms with Crippen molar-refractivity contribution in [3.63, 3.8) is 0 Å². The molecule has 21 heavy (non-hydrogen) atoms. The summed E-state index contributed by atoms with van der Waals surface area (Å²) in [6.45, 7) is 2.99. The van der Waals surface area contributed by atoms with Crippen molar-refractivity contribution < 1.29 is 21.6 Å². The molecule has 0 radical (unpaired) electrons. The van der Waals surface area contributed by atoms with Crippen LogP contribution in [0.1, 0.15) is 25.3 Å². The lowest BCUT2D eigenvalue weighted by Crippen LogP contribution is -2.26. The van der Waals surface area contributed by atoms with Crippen LogP contribution < -0.4 is 10.0 Å². The van der Waals surface area contributed by atoms with E-state index in [1.54, 1.807) is 12.1 Å². The van der Waals surface area contributed by atoms with Crippen LogP contribution in [0.25, 0.3) is 0 Å². The highest BCUT2D eigenvalue weighted by Gasteiger charge is 2.26. The molecule has 0 atom stereocenters. The molecule has 0 spiro atoms. The molecule has 0 bridgehead atoms. The number of nitrogens with one attached hydrogen (secondary N) is 2. The van der Waals surface area contributed by atoms with E-state index in [4.69, 9.17) is 0 Å². The minimum Gasteiger partial charge on any atom is -0.313 e.